The lowest BCUT2D eigenvalue weighted by atomic mass is 9.89. The molecule has 5 nitrogen and oxygen atoms in total. The van der Waals surface area contributed by atoms with Crippen molar-refractivity contribution in [2.75, 3.05) is 6.61 Å². The highest BCUT2D eigenvalue weighted by molar-refractivity contribution is 5.85. The Morgan fingerprint density at radius 1 is 1.50 bits per heavy atom. The fourth-order valence-electron chi connectivity index (χ4n) is 3.61. The highest BCUT2D eigenvalue weighted by Gasteiger charge is 2.74. The van der Waals surface area contributed by atoms with Crippen LogP contribution in [-0.4, -0.2) is 28.2 Å². The Morgan fingerprint density at radius 3 is 2.79 bits per heavy atom. The fraction of sp³-hybridized carbons (Fsp3) is 0.474. The van der Waals surface area contributed by atoms with Crippen LogP contribution in [0, 0.1) is 29.1 Å². The minimum atomic E-state index is -0.932. The summed E-state index contributed by atoms with van der Waals surface area (Å²) < 4.78 is 6.72. The van der Waals surface area contributed by atoms with Gasteiger partial charge in [0.25, 0.3) is 0 Å². The molecule has 1 heterocycles. The molecule has 1 aromatic heterocycles. The first-order valence-corrected chi connectivity index (χ1v) is 7.96. The number of terminal acetylenes is 1. The lowest BCUT2D eigenvalue weighted by Gasteiger charge is -2.14. The summed E-state index contributed by atoms with van der Waals surface area (Å²) in [5, 5.41) is 9.86. The predicted octanol–water partition coefficient (Wildman–Crippen LogP) is 2.51. The first-order chi connectivity index (χ1) is 11.3. The number of ether oxygens (including phenoxy) is 1. The second kappa shape index (κ2) is 6.56. The summed E-state index contributed by atoms with van der Waals surface area (Å²) >= 11 is 0. The van der Waals surface area contributed by atoms with Crippen LogP contribution in [0.2, 0.25) is 0 Å². The van der Waals surface area contributed by atoms with Gasteiger partial charge >= 0.3 is 11.9 Å². The average molecular weight is 329 g/mol. The van der Waals surface area contributed by atoms with Gasteiger partial charge in [-0.2, -0.15) is 0 Å². The Hall–Kier alpha value is -2.48. The van der Waals surface area contributed by atoms with Crippen molar-refractivity contribution >= 4 is 11.9 Å². The number of hydrogen-bond acceptors (Lipinski definition) is 3. The zero-order valence-corrected chi connectivity index (χ0v) is 14.3. The van der Waals surface area contributed by atoms with E-state index in [-0.39, 0.29) is 5.92 Å². The predicted molar refractivity (Wildman–Crippen MR) is 90.1 cm³/mol. The number of carboxylic acid groups (broad SMARTS) is 1. The Kier molecular flexibility index (Phi) is 4.88. The van der Waals surface area contributed by atoms with Crippen molar-refractivity contribution in [3.63, 3.8) is 0 Å². The van der Waals surface area contributed by atoms with Crippen molar-refractivity contribution in [2.24, 2.45) is 16.7 Å². The monoisotopic (exact) mass is 329 g/mol. The SMILES string of the molecule is C#CCn1ccc(C[C@@]2(C(=O)O)[C@H](C=CC(=O)OCC)C2(C)C)c1. The molecule has 1 aliphatic carbocycles. The zero-order chi connectivity index (χ0) is 18.0. The van der Waals surface area contributed by atoms with Crippen LogP contribution in [0.4, 0.5) is 0 Å². The van der Waals surface area contributed by atoms with Crippen LogP contribution in [0.15, 0.2) is 30.6 Å². The number of hydrogen-bond donors (Lipinski definition) is 1. The minimum absolute atomic E-state index is 0.233. The van der Waals surface area contributed by atoms with E-state index < -0.39 is 22.8 Å². The van der Waals surface area contributed by atoms with E-state index in [2.05, 4.69) is 5.92 Å². The molecule has 1 aliphatic rings. The molecule has 128 valence electrons. The first-order valence-electron chi connectivity index (χ1n) is 7.96. The van der Waals surface area contributed by atoms with E-state index >= 15 is 0 Å². The summed E-state index contributed by atoms with van der Waals surface area (Å²) in [6.45, 7) is 6.31. The molecule has 5 heteroatoms. The molecule has 1 aromatic rings. The molecule has 2 atom stereocenters. The Morgan fingerprint density at radius 2 is 2.21 bits per heavy atom. The highest BCUT2D eigenvalue weighted by atomic mass is 16.5. The van der Waals surface area contributed by atoms with Gasteiger partial charge in [-0.1, -0.05) is 25.8 Å². The van der Waals surface area contributed by atoms with Crippen LogP contribution in [0.3, 0.4) is 0 Å². The maximum Gasteiger partial charge on any atom is 0.330 e. The van der Waals surface area contributed by atoms with E-state index in [1.54, 1.807) is 13.0 Å². The summed E-state index contributed by atoms with van der Waals surface area (Å²) in [7, 11) is 0. The van der Waals surface area contributed by atoms with E-state index in [4.69, 9.17) is 11.2 Å². The summed E-state index contributed by atoms with van der Waals surface area (Å²) in [5.74, 6) is 1.02. The minimum Gasteiger partial charge on any atom is -0.481 e. The zero-order valence-electron chi connectivity index (χ0n) is 14.3. The number of allylic oxidation sites excluding steroid dienone is 1. The number of aromatic nitrogens is 1. The van der Waals surface area contributed by atoms with Crippen LogP contribution in [-0.2, 0) is 27.3 Å². The smallest absolute Gasteiger partial charge is 0.330 e. The maximum absolute atomic E-state index is 12.0. The van der Waals surface area contributed by atoms with Crippen LogP contribution in [0.25, 0.3) is 0 Å². The normalized spacial score (nSPS) is 24.5. The summed E-state index contributed by atoms with van der Waals surface area (Å²) in [4.78, 5) is 23.5. The third-order valence-electron chi connectivity index (χ3n) is 5.04. The number of carbonyl (C=O) groups excluding carboxylic acids is 1. The van der Waals surface area contributed by atoms with Crippen LogP contribution in [0.1, 0.15) is 26.3 Å². The average Bonchev–Trinajstić information content (AvgIpc) is 2.80. The van der Waals surface area contributed by atoms with Gasteiger partial charge in [0.2, 0.25) is 0 Å². The number of rotatable bonds is 7. The van der Waals surface area contributed by atoms with Gasteiger partial charge in [0.15, 0.2) is 0 Å². The van der Waals surface area contributed by atoms with Crippen LogP contribution in [0.5, 0.6) is 0 Å². The van der Waals surface area contributed by atoms with Gasteiger partial charge < -0.3 is 14.4 Å². The van der Waals surface area contributed by atoms with Gasteiger partial charge in [-0.3, -0.25) is 4.79 Å². The molecular weight excluding hydrogens is 306 g/mol. The number of carbonyl (C=O) groups is 2. The van der Waals surface area contributed by atoms with Crippen molar-refractivity contribution in [3.8, 4) is 12.3 Å². The van der Waals surface area contributed by atoms with Crippen LogP contribution < -0.4 is 0 Å². The molecule has 1 fully saturated rings. The van der Waals surface area contributed by atoms with Crippen LogP contribution >= 0.6 is 0 Å². The van der Waals surface area contributed by atoms with Crippen molar-refractivity contribution in [1.82, 2.24) is 4.57 Å². The molecule has 2 rings (SSSR count). The van der Waals surface area contributed by atoms with Gasteiger partial charge in [-0.25, -0.2) is 4.79 Å². The van der Waals surface area contributed by atoms with Crippen molar-refractivity contribution < 1.29 is 19.4 Å². The molecular formula is C19H23NO4. The summed E-state index contributed by atoms with van der Waals surface area (Å²) in [6, 6.07) is 1.89. The molecule has 0 aromatic carbocycles. The molecule has 1 saturated carbocycles. The van der Waals surface area contributed by atoms with Gasteiger partial charge in [0.05, 0.1) is 18.6 Å². The number of carboxylic acids is 1. The van der Waals surface area contributed by atoms with Gasteiger partial charge in [0.1, 0.15) is 0 Å². The van der Waals surface area contributed by atoms with E-state index in [9.17, 15) is 14.7 Å². The fourth-order valence-corrected chi connectivity index (χ4v) is 3.61. The Bertz CT molecular complexity index is 707. The quantitative estimate of drug-likeness (QED) is 0.474. The number of nitrogens with zero attached hydrogens (tertiary/aromatic N) is 1. The van der Waals surface area contributed by atoms with Crippen molar-refractivity contribution in [2.45, 2.75) is 33.7 Å². The Labute approximate surface area is 142 Å². The standard InChI is InChI=1S/C19H23NO4/c1-5-10-20-11-9-14(13-20)12-19(17(22)23)15(18(19,3)4)7-8-16(21)24-6-2/h1,7-9,11,13,15H,6,10,12H2,2-4H3,(H,22,23)/t15-,19+/m1/s1. The van der Waals surface area contributed by atoms with Crippen molar-refractivity contribution in [3.05, 3.63) is 36.2 Å². The Balaban J connectivity index is 2.22. The molecule has 1 N–H and O–H groups in total. The number of aliphatic carboxylic acids is 1. The molecule has 0 aliphatic heterocycles. The molecule has 0 amide bonds. The van der Waals surface area contributed by atoms with Gasteiger partial charge in [-0.15, -0.1) is 6.42 Å². The van der Waals surface area contributed by atoms with Gasteiger partial charge in [-0.05, 0) is 30.4 Å². The van der Waals surface area contributed by atoms with E-state index in [0.717, 1.165) is 5.56 Å². The van der Waals surface area contributed by atoms with Gasteiger partial charge in [0, 0.05) is 24.4 Å². The lowest BCUT2D eigenvalue weighted by molar-refractivity contribution is -0.145. The molecule has 24 heavy (non-hydrogen) atoms. The second-order valence-corrected chi connectivity index (χ2v) is 6.66. The molecule has 0 spiro atoms. The summed E-state index contributed by atoms with van der Waals surface area (Å²) in [6.07, 6.45) is 12.4. The lowest BCUT2D eigenvalue weighted by Crippen LogP contribution is -2.24. The largest absolute Gasteiger partial charge is 0.481 e. The molecule has 0 bridgehead atoms. The number of esters is 1. The molecule has 0 unspecified atom stereocenters. The third-order valence-corrected chi connectivity index (χ3v) is 5.04. The maximum atomic E-state index is 12.0. The van der Waals surface area contributed by atoms with E-state index in [0.29, 0.717) is 19.6 Å². The second-order valence-electron chi connectivity index (χ2n) is 6.66. The van der Waals surface area contributed by atoms with E-state index in [1.165, 1.54) is 6.08 Å². The van der Waals surface area contributed by atoms with E-state index in [1.807, 2.05) is 36.9 Å². The molecule has 0 saturated heterocycles. The molecule has 0 radical (unpaired) electrons. The third kappa shape index (κ3) is 2.96. The first kappa shape index (κ1) is 17.9. The van der Waals surface area contributed by atoms with Crippen molar-refractivity contribution in [1.29, 1.82) is 0 Å². The highest BCUT2D eigenvalue weighted by Crippen LogP contribution is 2.71. The summed E-state index contributed by atoms with van der Waals surface area (Å²) in [5.41, 5.74) is -0.457. The topological polar surface area (TPSA) is 68.5 Å².